The van der Waals surface area contributed by atoms with Gasteiger partial charge in [-0.1, -0.05) is 12.2 Å². The van der Waals surface area contributed by atoms with Gasteiger partial charge in [-0.2, -0.15) is 0 Å². The Labute approximate surface area is 185 Å². The minimum atomic E-state index is 0.185. The van der Waals surface area contributed by atoms with Crippen LogP contribution < -0.4 is 5.32 Å². The Balaban J connectivity index is 1.88. The standard InChI is InChI=1S/C24H35N7/c1-18-12-21-22(20-15-26-17-27-16-20)23(29-24(21)28-13-18)19(14-25-2)8-6-10-31(5)11-7-9-30(3)4/h6,8,12-13,15-17,19,25H,7,9-11,14H2,1-5H3,(H,28,29)/b8-6-. The van der Waals surface area contributed by atoms with E-state index in [1.807, 2.05) is 25.6 Å². The van der Waals surface area contributed by atoms with E-state index in [2.05, 4.69) is 81.3 Å². The van der Waals surface area contributed by atoms with Crippen LogP contribution in [0.15, 0.2) is 43.1 Å². The molecule has 0 saturated carbocycles. The number of pyridine rings is 1. The van der Waals surface area contributed by atoms with Gasteiger partial charge in [-0.3, -0.25) is 0 Å². The molecule has 3 aromatic rings. The molecule has 1 atom stereocenters. The van der Waals surface area contributed by atoms with Crippen molar-refractivity contribution in [2.45, 2.75) is 19.3 Å². The minimum absolute atomic E-state index is 0.185. The number of aryl methyl sites for hydroxylation is 1. The smallest absolute Gasteiger partial charge is 0.138 e. The Morgan fingerprint density at radius 2 is 1.90 bits per heavy atom. The highest BCUT2D eigenvalue weighted by atomic mass is 15.1. The van der Waals surface area contributed by atoms with E-state index in [1.165, 1.54) is 6.42 Å². The Bertz CT molecular complexity index is 978. The first-order valence-electron chi connectivity index (χ1n) is 10.9. The summed E-state index contributed by atoms with van der Waals surface area (Å²) < 4.78 is 0. The van der Waals surface area contributed by atoms with Crippen molar-refractivity contribution in [2.75, 3.05) is 54.4 Å². The normalized spacial score (nSPS) is 13.1. The highest BCUT2D eigenvalue weighted by Gasteiger charge is 2.20. The lowest BCUT2D eigenvalue weighted by Gasteiger charge is -2.17. The molecular weight excluding hydrogens is 386 g/mol. The Hall–Kier alpha value is -2.61. The molecule has 0 spiro atoms. The molecule has 0 aromatic carbocycles. The molecule has 3 aromatic heterocycles. The fraction of sp³-hybridized carbons (Fsp3) is 0.458. The number of nitrogens with zero attached hydrogens (tertiary/aromatic N) is 5. The molecule has 1 unspecified atom stereocenters. The van der Waals surface area contributed by atoms with Gasteiger partial charge in [0, 0.05) is 59.8 Å². The predicted molar refractivity (Wildman–Crippen MR) is 128 cm³/mol. The van der Waals surface area contributed by atoms with Gasteiger partial charge < -0.3 is 20.1 Å². The number of likely N-dealkylation sites (N-methyl/N-ethyl adjacent to an activating group) is 2. The van der Waals surface area contributed by atoms with Crippen molar-refractivity contribution in [1.82, 2.24) is 35.1 Å². The van der Waals surface area contributed by atoms with E-state index in [0.29, 0.717) is 0 Å². The third-order valence-corrected chi connectivity index (χ3v) is 5.39. The molecule has 0 amide bonds. The summed E-state index contributed by atoms with van der Waals surface area (Å²) in [4.78, 5) is 21.3. The van der Waals surface area contributed by atoms with Crippen LogP contribution in [-0.4, -0.2) is 84.1 Å². The molecule has 0 aliphatic heterocycles. The van der Waals surface area contributed by atoms with Crippen molar-refractivity contribution in [3.63, 3.8) is 0 Å². The Morgan fingerprint density at radius 1 is 1.13 bits per heavy atom. The summed E-state index contributed by atoms with van der Waals surface area (Å²) in [5, 5.41) is 4.45. The van der Waals surface area contributed by atoms with Crippen LogP contribution >= 0.6 is 0 Å². The second-order valence-corrected chi connectivity index (χ2v) is 8.46. The van der Waals surface area contributed by atoms with Crippen LogP contribution in [0.4, 0.5) is 0 Å². The third kappa shape index (κ3) is 6.19. The number of hydrogen-bond donors (Lipinski definition) is 2. The number of aromatic amines is 1. The van der Waals surface area contributed by atoms with Gasteiger partial charge in [0.15, 0.2) is 0 Å². The van der Waals surface area contributed by atoms with Gasteiger partial charge in [0.1, 0.15) is 12.0 Å². The largest absolute Gasteiger partial charge is 0.342 e. The van der Waals surface area contributed by atoms with E-state index >= 15 is 0 Å². The molecule has 0 saturated heterocycles. The average molecular weight is 422 g/mol. The molecule has 7 heteroatoms. The first-order valence-corrected chi connectivity index (χ1v) is 10.9. The van der Waals surface area contributed by atoms with Crippen LogP contribution in [0.1, 0.15) is 23.6 Å². The number of fused-ring (bicyclic) bond motifs is 1. The first kappa shape index (κ1) is 23.1. The fourth-order valence-corrected chi connectivity index (χ4v) is 3.85. The molecular formula is C24H35N7. The summed E-state index contributed by atoms with van der Waals surface area (Å²) in [7, 11) is 8.41. The number of nitrogens with one attached hydrogen (secondary N) is 2. The lowest BCUT2D eigenvalue weighted by Crippen LogP contribution is -2.24. The van der Waals surface area contributed by atoms with E-state index in [9.17, 15) is 0 Å². The third-order valence-electron chi connectivity index (χ3n) is 5.39. The van der Waals surface area contributed by atoms with E-state index in [1.54, 1.807) is 6.33 Å². The van der Waals surface area contributed by atoms with Crippen molar-refractivity contribution >= 4 is 11.0 Å². The predicted octanol–water partition coefficient (Wildman–Crippen LogP) is 3.07. The molecule has 0 aliphatic rings. The van der Waals surface area contributed by atoms with Crippen LogP contribution in [0.3, 0.4) is 0 Å². The highest BCUT2D eigenvalue weighted by molar-refractivity contribution is 5.96. The van der Waals surface area contributed by atoms with Gasteiger partial charge in [0.25, 0.3) is 0 Å². The number of H-pyrrole nitrogens is 1. The zero-order valence-electron chi connectivity index (χ0n) is 19.4. The maximum absolute atomic E-state index is 4.63. The lowest BCUT2D eigenvalue weighted by atomic mass is 9.96. The van der Waals surface area contributed by atoms with Gasteiger partial charge in [0.05, 0.1) is 0 Å². The van der Waals surface area contributed by atoms with Gasteiger partial charge >= 0.3 is 0 Å². The summed E-state index contributed by atoms with van der Waals surface area (Å²) in [6.07, 6.45) is 13.0. The van der Waals surface area contributed by atoms with Crippen molar-refractivity contribution in [2.24, 2.45) is 0 Å². The molecule has 3 heterocycles. The first-order chi connectivity index (χ1) is 15.0. The molecule has 2 N–H and O–H groups in total. The molecule has 7 nitrogen and oxygen atoms in total. The topological polar surface area (TPSA) is 73.0 Å². The maximum Gasteiger partial charge on any atom is 0.138 e. The zero-order chi connectivity index (χ0) is 22.2. The van der Waals surface area contributed by atoms with Crippen LogP contribution in [0, 0.1) is 6.92 Å². The summed E-state index contributed by atoms with van der Waals surface area (Å²) in [6, 6.07) is 2.18. The molecule has 0 bridgehead atoms. The van der Waals surface area contributed by atoms with Gasteiger partial charge in [0.2, 0.25) is 0 Å². The summed E-state index contributed by atoms with van der Waals surface area (Å²) >= 11 is 0. The maximum atomic E-state index is 4.63. The second-order valence-electron chi connectivity index (χ2n) is 8.46. The molecule has 3 rings (SSSR count). The van der Waals surface area contributed by atoms with Gasteiger partial charge in [-0.15, -0.1) is 0 Å². The molecule has 31 heavy (non-hydrogen) atoms. The van der Waals surface area contributed by atoms with Crippen molar-refractivity contribution in [3.05, 3.63) is 54.4 Å². The lowest BCUT2D eigenvalue weighted by molar-refractivity contribution is 0.321. The van der Waals surface area contributed by atoms with Gasteiger partial charge in [-0.25, -0.2) is 15.0 Å². The second kappa shape index (κ2) is 11.1. The molecule has 166 valence electrons. The minimum Gasteiger partial charge on any atom is -0.342 e. The molecule has 0 aliphatic carbocycles. The number of aromatic nitrogens is 4. The Kier molecular flexibility index (Phi) is 8.28. The molecule has 0 fully saturated rings. The van der Waals surface area contributed by atoms with Crippen molar-refractivity contribution in [1.29, 1.82) is 0 Å². The average Bonchev–Trinajstić information content (AvgIpc) is 3.12. The summed E-state index contributed by atoms with van der Waals surface area (Å²) in [5.74, 6) is 0.185. The highest BCUT2D eigenvalue weighted by Crippen LogP contribution is 2.35. The van der Waals surface area contributed by atoms with Crippen LogP contribution in [0.5, 0.6) is 0 Å². The van der Waals surface area contributed by atoms with E-state index < -0.39 is 0 Å². The van der Waals surface area contributed by atoms with E-state index in [0.717, 1.165) is 59.6 Å². The van der Waals surface area contributed by atoms with Crippen LogP contribution in [0.25, 0.3) is 22.2 Å². The quantitative estimate of drug-likeness (QED) is 0.464. The Morgan fingerprint density at radius 3 is 2.61 bits per heavy atom. The summed E-state index contributed by atoms with van der Waals surface area (Å²) in [6.45, 7) is 6.02. The van der Waals surface area contributed by atoms with E-state index in [-0.39, 0.29) is 5.92 Å². The SMILES string of the molecule is CNCC(/C=C\CN(C)CCCN(C)C)c1[nH]c2ncc(C)cc2c1-c1cncnc1. The van der Waals surface area contributed by atoms with Gasteiger partial charge in [-0.05, 0) is 66.3 Å². The zero-order valence-corrected chi connectivity index (χ0v) is 19.4. The molecule has 0 radical (unpaired) electrons. The summed E-state index contributed by atoms with van der Waals surface area (Å²) in [5.41, 5.74) is 5.32. The van der Waals surface area contributed by atoms with E-state index in [4.69, 9.17) is 0 Å². The number of hydrogen-bond acceptors (Lipinski definition) is 6. The van der Waals surface area contributed by atoms with Crippen LogP contribution in [0.2, 0.25) is 0 Å². The van der Waals surface area contributed by atoms with Crippen molar-refractivity contribution < 1.29 is 0 Å². The fourth-order valence-electron chi connectivity index (χ4n) is 3.85. The monoisotopic (exact) mass is 421 g/mol. The van der Waals surface area contributed by atoms with Crippen LogP contribution in [-0.2, 0) is 0 Å². The number of rotatable bonds is 11. The van der Waals surface area contributed by atoms with Crippen molar-refractivity contribution in [3.8, 4) is 11.1 Å².